The van der Waals surface area contributed by atoms with Gasteiger partial charge in [0.25, 0.3) is 0 Å². The number of fused-ring (bicyclic) bond motifs is 1. The van der Waals surface area contributed by atoms with Crippen LogP contribution in [0.5, 0.6) is 5.75 Å². The first-order valence-electron chi connectivity index (χ1n) is 8.59. The highest BCUT2D eigenvalue weighted by Gasteiger charge is 2.18. The maximum atomic E-state index is 14.2. The minimum absolute atomic E-state index is 0.0145. The van der Waals surface area contributed by atoms with Crippen LogP contribution in [-0.4, -0.2) is 5.97 Å². The lowest BCUT2D eigenvalue weighted by molar-refractivity contribution is 0.0720. The standard InChI is InChI=1S/C22H16F4O2/c1-2-3-4-5-13-10-18(24)21(19(25)11-13)28-22(27)15-6-8-16-14(12-15)7-9-17(23)20(16)26/h2-3,6-12H,4-5H2,1H3/b3-2+. The van der Waals surface area contributed by atoms with Gasteiger partial charge in [-0.1, -0.05) is 24.3 Å². The van der Waals surface area contributed by atoms with Crippen LogP contribution >= 0.6 is 0 Å². The van der Waals surface area contributed by atoms with E-state index in [1.807, 2.05) is 19.1 Å². The van der Waals surface area contributed by atoms with Gasteiger partial charge in [-0.15, -0.1) is 0 Å². The molecule has 0 aliphatic rings. The normalized spacial score (nSPS) is 11.3. The summed E-state index contributed by atoms with van der Waals surface area (Å²) in [6, 6.07) is 8.14. The van der Waals surface area contributed by atoms with Crippen molar-refractivity contribution >= 4 is 16.7 Å². The highest BCUT2D eigenvalue weighted by Crippen LogP contribution is 2.26. The van der Waals surface area contributed by atoms with Crippen molar-refractivity contribution in [3.63, 3.8) is 0 Å². The van der Waals surface area contributed by atoms with Crippen molar-refractivity contribution in [1.82, 2.24) is 0 Å². The fraction of sp³-hybridized carbons (Fsp3) is 0.136. The molecule has 0 saturated heterocycles. The Labute approximate surface area is 159 Å². The van der Waals surface area contributed by atoms with Gasteiger partial charge in [-0.25, -0.2) is 22.4 Å². The summed E-state index contributed by atoms with van der Waals surface area (Å²) in [5.41, 5.74) is 0.394. The highest BCUT2D eigenvalue weighted by atomic mass is 19.2. The van der Waals surface area contributed by atoms with Gasteiger partial charge in [0.1, 0.15) is 0 Å². The number of carbonyl (C=O) groups excluding carboxylic acids is 1. The summed E-state index contributed by atoms with van der Waals surface area (Å²) in [5.74, 6) is -5.84. The number of carbonyl (C=O) groups is 1. The van der Waals surface area contributed by atoms with Crippen LogP contribution in [0.2, 0.25) is 0 Å². The third kappa shape index (κ3) is 4.06. The van der Waals surface area contributed by atoms with E-state index in [2.05, 4.69) is 0 Å². The maximum absolute atomic E-state index is 14.2. The molecule has 0 unspecified atom stereocenters. The predicted octanol–water partition coefficient (Wildman–Crippen LogP) is 6.12. The minimum atomic E-state index is -1.04. The van der Waals surface area contributed by atoms with Gasteiger partial charge in [0, 0.05) is 5.39 Å². The Morgan fingerprint density at radius 3 is 2.36 bits per heavy atom. The molecule has 0 aliphatic carbocycles. The molecule has 144 valence electrons. The molecule has 0 spiro atoms. The first kappa shape index (κ1) is 19.6. The molecule has 0 N–H and O–H groups in total. The molecule has 0 bridgehead atoms. The second-order valence-corrected chi connectivity index (χ2v) is 6.18. The van der Waals surface area contributed by atoms with Gasteiger partial charge in [0.05, 0.1) is 5.56 Å². The van der Waals surface area contributed by atoms with E-state index in [-0.39, 0.29) is 16.3 Å². The fourth-order valence-electron chi connectivity index (χ4n) is 2.81. The molecule has 0 aromatic heterocycles. The molecule has 0 fully saturated rings. The molecular weight excluding hydrogens is 372 g/mol. The summed E-state index contributed by atoms with van der Waals surface area (Å²) < 4.78 is 60.3. The Bertz CT molecular complexity index is 1050. The van der Waals surface area contributed by atoms with Crippen molar-refractivity contribution in [2.24, 2.45) is 0 Å². The predicted molar refractivity (Wildman–Crippen MR) is 98.3 cm³/mol. The Hall–Kier alpha value is -3.15. The van der Waals surface area contributed by atoms with Gasteiger partial charge in [-0.05, 0) is 61.0 Å². The second kappa shape index (κ2) is 8.25. The van der Waals surface area contributed by atoms with Crippen LogP contribution in [0.3, 0.4) is 0 Å². The van der Waals surface area contributed by atoms with Crippen LogP contribution in [0.15, 0.2) is 54.6 Å². The zero-order valence-electron chi connectivity index (χ0n) is 14.9. The monoisotopic (exact) mass is 388 g/mol. The first-order chi connectivity index (χ1) is 13.4. The number of hydrogen-bond donors (Lipinski definition) is 0. The number of ether oxygens (including phenoxy) is 1. The van der Waals surface area contributed by atoms with Gasteiger partial charge in [0.15, 0.2) is 23.3 Å². The number of halogens is 4. The lowest BCUT2D eigenvalue weighted by Gasteiger charge is -2.09. The molecule has 0 radical (unpaired) electrons. The molecule has 3 aromatic carbocycles. The van der Waals surface area contributed by atoms with Crippen LogP contribution in [0.25, 0.3) is 10.8 Å². The highest BCUT2D eigenvalue weighted by molar-refractivity contribution is 5.96. The van der Waals surface area contributed by atoms with Crippen molar-refractivity contribution in [1.29, 1.82) is 0 Å². The average Bonchev–Trinajstić information content (AvgIpc) is 2.67. The van der Waals surface area contributed by atoms with Crippen molar-refractivity contribution in [3.05, 3.63) is 89.0 Å². The lowest BCUT2D eigenvalue weighted by Crippen LogP contribution is -2.11. The second-order valence-electron chi connectivity index (χ2n) is 6.18. The Morgan fingerprint density at radius 2 is 1.68 bits per heavy atom. The minimum Gasteiger partial charge on any atom is -0.417 e. The molecule has 28 heavy (non-hydrogen) atoms. The van der Waals surface area contributed by atoms with Gasteiger partial charge < -0.3 is 4.74 Å². The van der Waals surface area contributed by atoms with E-state index in [9.17, 15) is 22.4 Å². The van der Waals surface area contributed by atoms with Crippen molar-refractivity contribution in [2.75, 3.05) is 0 Å². The Morgan fingerprint density at radius 1 is 0.964 bits per heavy atom. The van der Waals surface area contributed by atoms with E-state index >= 15 is 0 Å². The van der Waals surface area contributed by atoms with Crippen LogP contribution in [0, 0.1) is 23.3 Å². The van der Waals surface area contributed by atoms with Crippen molar-refractivity contribution < 1.29 is 27.1 Å². The zero-order valence-corrected chi connectivity index (χ0v) is 14.9. The first-order valence-corrected chi connectivity index (χ1v) is 8.59. The van der Waals surface area contributed by atoms with Crippen LogP contribution in [0.4, 0.5) is 17.6 Å². The summed E-state index contributed by atoms with van der Waals surface area (Å²) in [4.78, 5) is 12.3. The van der Waals surface area contributed by atoms with Crippen LogP contribution < -0.4 is 4.74 Å². The number of aryl methyl sites for hydroxylation is 1. The van der Waals surface area contributed by atoms with E-state index in [4.69, 9.17) is 4.74 Å². The third-order valence-corrected chi connectivity index (χ3v) is 4.23. The molecular formula is C22H16F4O2. The fourth-order valence-corrected chi connectivity index (χ4v) is 2.81. The molecule has 3 rings (SSSR count). The number of esters is 1. The summed E-state index contributed by atoms with van der Waals surface area (Å²) in [6.45, 7) is 1.85. The number of hydrogen-bond acceptors (Lipinski definition) is 2. The smallest absolute Gasteiger partial charge is 0.343 e. The van der Waals surface area contributed by atoms with Crippen LogP contribution in [-0.2, 0) is 6.42 Å². The maximum Gasteiger partial charge on any atom is 0.343 e. The van der Waals surface area contributed by atoms with E-state index in [0.717, 1.165) is 18.2 Å². The van der Waals surface area contributed by atoms with E-state index in [0.29, 0.717) is 18.4 Å². The van der Waals surface area contributed by atoms with E-state index in [1.54, 1.807) is 0 Å². The van der Waals surface area contributed by atoms with Crippen molar-refractivity contribution in [2.45, 2.75) is 19.8 Å². The molecule has 0 atom stereocenters. The Balaban J connectivity index is 1.84. The molecule has 0 amide bonds. The topological polar surface area (TPSA) is 26.3 Å². The summed E-state index contributed by atoms with van der Waals surface area (Å²) in [5, 5.41) is 0.244. The largest absolute Gasteiger partial charge is 0.417 e. The van der Waals surface area contributed by atoms with E-state index in [1.165, 1.54) is 24.3 Å². The number of rotatable bonds is 5. The quantitative estimate of drug-likeness (QED) is 0.228. The third-order valence-electron chi connectivity index (χ3n) is 4.23. The number of allylic oxidation sites excluding steroid dienone is 2. The average molecular weight is 388 g/mol. The molecule has 6 heteroatoms. The SMILES string of the molecule is C/C=C/CCc1cc(F)c(OC(=O)c2ccc3c(F)c(F)ccc3c2)c(F)c1. The molecule has 0 aliphatic heterocycles. The number of benzene rings is 3. The molecule has 2 nitrogen and oxygen atoms in total. The lowest BCUT2D eigenvalue weighted by atomic mass is 10.1. The summed E-state index contributed by atoms with van der Waals surface area (Å²) >= 11 is 0. The van der Waals surface area contributed by atoms with Crippen LogP contribution in [0.1, 0.15) is 29.3 Å². The molecule has 0 saturated carbocycles. The van der Waals surface area contributed by atoms with Crippen molar-refractivity contribution in [3.8, 4) is 5.75 Å². The Kier molecular flexibility index (Phi) is 5.78. The summed E-state index contributed by atoms with van der Waals surface area (Å²) in [6.07, 6.45) is 4.78. The van der Waals surface area contributed by atoms with Gasteiger partial charge in [0.2, 0.25) is 5.75 Å². The zero-order chi connectivity index (χ0) is 20.3. The van der Waals surface area contributed by atoms with Gasteiger partial charge in [-0.3, -0.25) is 0 Å². The van der Waals surface area contributed by atoms with E-state index < -0.39 is 35.0 Å². The van der Waals surface area contributed by atoms with Gasteiger partial charge in [-0.2, -0.15) is 0 Å². The van der Waals surface area contributed by atoms with Gasteiger partial charge >= 0.3 is 5.97 Å². The molecule has 0 heterocycles. The summed E-state index contributed by atoms with van der Waals surface area (Å²) in [7, 11) is 0. The molecule has 3 aromatic rings.